The average Bonchev–Trinajstić information content (AvgIpc) is 3.16. The smallest absolute Gasteiger partial charge is 0.411 e. The summed E-state index contributed by atoms with van der Waals surface area (Å²) in [6, 6.07) is 19.3. The largest absolute Gasteiger partial charge is 0.478 e. The Labute approximate surface area is 201 Å². The van der Waals surface area contributed by atoms with Gasteiger partial charge in [-0.1, -0.05) is 54.6 Å². The molecule has 2 amide bonds. The molecule has 0 spiro atoms. The molecule has 7 nitrogen and oxygen atoms in total. The van der Waals surface area contributed by atoms with Crippen molar-refractivity contribution in [3.8, 4) is 11.1 Å². The number of nitrogens with one attached hydrogen (secondary N) is 2. The van der Waals surface area contributed by atoms with Gasteiger partial charge < -0.3 is 15.2 Å². The molecular weight excluding hydrogens is 451 g/mol. The Bertz CT molecular complexity index is 1290. The number of ether oxygens (including phenoxy) is 1. The van der Waals surface area contributed by atoms with Crippen LogP contribution in [0.4, 0.5) is 14.9 Å². The Morgan fingerprint density at radius 2 is 1.63 bits per heavy atom. The summed E-state index contributed by atoms with van der Waals surface area (Å²) in [5.74, 6) is -2.55. The normalized spacial score (nSPS) is 12.5. The number of carboxylic acid groups (broad SMARTS) is 1. The van der Waals surface area contributed by atoms with Gasteiger partial charge in [0, 0.05) is 29.3 Å². The highest BCUT2D eigenvalue weighted by Gasteiger charge is 2.29. The number of halogens is 1. The lowest BCUT2D eigenvalue weighted by atomic mass is 9.98. The lowest BCUT2D eigenvalue weighted by Crippen LogP contribution is -2.24. The first-order valence-electron chi connectivity index (χ1n) is 10.9. The first-order chi connectivity index (χ1) is 16.8. The van der Waals surface area contributed by atoms with Gasteiger partial charge in [0.25, 0.3) is 5.91 Å². The Morgan fingerprint density at radius 1 is 1.00 bits per heavy atom. The predicted octanol–water partition coefficient (Wildman–Crippen LogP) is 4.95. The summed E-state index contributed by atoms with van der Waals surface area (Å²) in [6.45, 7) is 1.45. The summed E-state index contributed by atoms with van der Waals surface area (Å²) in [4.78, 5) is 35.6. The van der Waals surface area contributed by atoms with Crippen molar-refractivity contribution in [2.24, 2.45) is 0 Å². The van der Waals surface area contributed by atoms with Gasteiger partial charge in [0.1, 0.15) is 12.4 Å². The maximum absolute atomic E-state index is 14.1. The lowest BCUT2D eigenvalue weighted by Gasteiger charge is -2.15. The van der Waals surface area contributed by atoms with Crippen molar-refractivity contribution in [3.05, 3.63) is 101 Å². The number of carbonyl (C=O) groups is 3. The first-order valence-corrected chi connectivity index (χ1v) is 10.9. The fourth-order valence-corrected chi connectivity index (χ4v) is 4.03. The van der Waals surface area contributed by atoms with Crippen molar-refractivity contribution in [2.45, 2.75) is 12.8 Å². The van der Waals surface area contributed by atoms with Crippen molar-refractivity contribution in [2.75, 3.05) is 18.5 Å². The van der Waals surface area contributed by atoms with Gasteiger partial charge in [0.2, 0.25) is 0 Å². The second-order valence-corrected chi connectivity index (χ2v) is 8.08. The molecule has 178 valence electrons. The molecule has 1 aliphatic carbocycles. The summed E-state index contributed by atoms with van der Waals surface area (Å²) in [5, 5.41) is 13.8. The second kappa shape index (κ2) is 10.2. The zero-order valence-corrected chi connectivity index (χ0v) is 18.9. The van der Waals surface area contributed by atoms with Gasteiger partial charge in [0.05, 0.1) is 0 Å². The molecule has 0 fully saturated rings. The number of fused-ring (bicyclic) bond motifs is 3. The molecule has 0 saturated heterocycles. The third-order valence-electron chi connectivity index (χ3n) is 5.76. The number of carboxylic acids is 1. The number of hydrogen-bond acceptors (Lipinski definition) is 4. The molecule has 0 aliphatic heterocycles. The average molecular weight is 474 g/mol. The monoisotopic (exact) mass is 474 g/mol. The number of rotatable bonds is 7. The van der Waals surface area contributed by atoms with Gasteiger partial charge in [-0.25, -0.2) is 14.0 Å². The van der Waals surface area contributed by atoms with E-state index in [0.717, 1.165) is 34.4 Å². The molecule has 0 heterocycles. The van der Waals surface area contributed by atoms with Crippen molar-refractivity contribution in [1.82, 2.24) is 5.32 Å². The molecule has 4 rings (SSSR count). The van der Waals surface area contributed by atoms with Crippen molar-refractivity contribution in [3.63, 3.8) is 0 Å². The quantitative estimate of drug-likeness (QED) is 0.421. The molecule has 0 radical (unpaired) electrons. The number of carbonyl (C=O) groups excluding carboxylic acids is 2. The Balaban J connectivity index is 1.40. The molecule has 0 bridgehead atoms. The van der Waals surface area contributed by atoms with Crippen molar-refractivity contribution >= 4 is 23.7 Å². The number of aliphatic carboxylic acids is 1. The first kappa shape index (κ1) is 23.7. The van der Waals surface area contributed by atoms with Crippen LogP contribution in [0, 0.1) is 5.82 Å². The fraction of sp³-hybridized carbons (Fsp3) is 0.148. The van der Waals surface area contributed by atoms with Crippen LogP contribution in [0.25, 0.3) is 11.1 Å². The molecule has 8 heteroatoms. The summed E-state index contributed by atoms with van der Waals surface area (Å²) in [7, 11) is 0. The molecule has 3 aromatic carbocycles. The van der Waals surface area contributed by atoms with Crippen LogP contribution >= 0.6 is 0 Å². The van der Waals surface area contributed by atoms with E-state index in [1.807, 2.05) is 48.5 Å². The maximum Gasteiger partial charge on any atom is 0.411 e. The van der Waals surface area contributed by atoms with E-state index < -0.39 is 23.8 Å². The number of anilines is 1. The number of benzene rings is 3. The Hall–Kier alpha value is -4.46. The molecular formula is C27H23FN2O5. The number of amides is 2. The van der Waals surface area contributed by atoms with Gasteiger partial charge in [0.15, 0.2) is 0 Å². The topological polar surface area (TPSA) is 105 Å². The summed E-state index contributed by atoms with van der Waals surface area (Å²) in [5.41, 5.74) is 4.45. The van der Waals surface area contributed by atoms with Crippen LogP contribution in [0.1, 0.15) is 34.3 Å². The molecule has 0 unspecified atom stereocenters. The third kappa shape index (κ3) is 5.38. The van der Waals surface area contributed by atoms with E-state index in [-0.39, 0.29) is 35.9 Å². The summed E-state index contributed by atoms with van der Waals surface area (Å²) >= 11 is 0. The van der Waals surface area contributed by atoms with Crippen LogP contribution in [0.15, 0.2) is 78.4 Å². The second-order valence-electron chi connectivity index (χ2n) is 8.08. The van der Waals surface area contributed by atoms with Gasteiger partial charge in [-0.15, -0.1) is 0 Å². The van der Waals surface area contributed by atoms with E-state index >= 15 is 0 Å². The van der Waals surface area contributed by atoms with Crippen molar-refractivity contribution in [1.29, 1.82) is 0 Å². The van der Waals surface area contributed by atoms with Crippen LogP contribution < -0.4 is 10.6 Å². The van der Waals surface area contributed by atoms with E-state index in [4.69, 9.17) is 9.84 Å². The molecule has 1 aliphatic rings. The standard InChI is InChI=1S/C27H23FN2O5/c1-16(26(32)33)10-11-29-25(31)17-12-18(28)14-19(13-17)30-27(34)35-15-24-22-8-4-2-6-20(22)21-7-3-5-9-23(21)24/h2-10,12-14,24H,11,15H2,1H3,(H,29,31)(H,30,34)(H,32,33)/b16-10+. The molecule has 35 heavy (non-hydrogen) atoms. The maximum atomic E-state index is 14.1. The van der Waals surface area contributed by atoms with E-state index in [1.54, 1.807) is 0 Å². The summed E-state index contributed by atoms with van der Waals surface area (Å²) < 4.78 is 19.6. The van der Waals surface area contributed by atoms with Gasteiger partial charge in [-0.2, -0.15) is 0 Å². The van der Waals surface area contributed by atoms with Crippen LogP contribution in [-0.4, -0.2) is 36.2 Å². The van der Waals surface area contributed by atoms with Gasteiger partial charge in [-0.05, 0) is 47.4 Å². The van der Waals surface area contributed by atoms with E-state index in [9.17, 15) is 18.8 Å². The Kier molecular flexibility index (Phi) is 6.91. The Morgan fingerprint density at radius 3 is 2.26 bits per heavy atom. The van der Waals surface area contributed by atoms with Crippen LogP contribution in [-0.2, 0) is 9.53 Å². The summed E-state index contributed by atoms with van der Waals surface area (Å²) in [6.07, 6.45) is 0.555. The molecule has 3 N–H and O–H groups in total. The predicted molar refractivity (Wildman–Crippen MR) is 129 cm³/mol. The minimum atomic E-state index is -1.10. The van der Waals surface area contributed by atoms with Crippen LogP contribution in [0.3, 0.4) is 0 Å². The highest BCUT2D eigenvalue weighted by atomic mass is 19.1. The van der Waals surface area contributed by atoms with E-state index in [2.05, 4.69) is 10.6 Å². The minimum absolute atomic E-state index is 0.0275. The SMILES string of the molecule is C/C(=C\CNC(=O)c1cc(F)cc(NC(=O)OCC2c3ccccc3-c3ccccc32)c1)C(=O)O. The van der Waals surface area contributed by atoms with Crippen molar-refractivity contribution < 1.29 is 28.6 Å². The highest BCUT2D eigenvalue weighted by Crippen LogP contribution is 2.44. The molecule has 0 atom stereocenters. The fourth-order valence-electron chi connectivity index (χ4n) is 4.03. The van der Waals surface area contributed by atoms with E-state index in [1.165, 1.54) is 19.1 Å². The van der Waals surface area contributed by atoms with Crippen LogP contribution in [0.2, 0.25) is 0 Å². The third-order valence-corrected chi connectivity index (χ3v) is 5.76. The molecule has 0 aromatic heterocycles. The number of hydrogen-bond donors (Lipinski definition) is 3. The lowest BCUT2D eigenvalue weighted by molar-refractivity contribution is -0.132. The highest BCUT2D eigenvalue weighted by molar-refractivity contribution is 5.96. The zero-order valence-electron chi connectivity index (χ0n) is 18.9. The zero-order chi connectivity index (χ0) is 24.9. The molecule has 3 aromatic rings. The minimum Gasteiger partial charge on any atom is -0.478 e. The van der Waals surface area contributed by atoms with E-state index in [0.29, 0.717) is 0 Å². The van der Waals surface area contributed by atoms with Gasteiger partial charge in [-0.3, -0.25) is 10.1 Å². The molecule has 0 saturated carbocycles. The van der Waals surface area contributed by atoms with Crippen LogP contribution in [0.5, 0.6) is 0 Å². The van der Waals surface area contributed by atoms with Gasteiger partial charge >= 0.3 is 12.1 Å².